The molecule has 0 aliphatic heterocycles. The molecule has 2 rings (SSSR count). The van der Waals surface area contributed by atoms with Crippen molar-refractivity contribution in [2.45, 2.75) is 26.9 Å². The second-order valence-electron chi connectivity index (χ2n) is 6.30. The number of hydrogen-bond donors (Lipinski definition) is 1. The van der Waals surface area contributed by atoms with Crippen LogP contribution in [0.25, 0.3) is 0 Å². The summed E-state index contributed by atoms with van der Waals surface area (Å²) in [5.74, 6) is -1.52. The predicted molar refractivity (Wildman–Crippen MR) is 97.2 cm³/mol. The number of halogens is 3. The first-order valence-corrected chi connectivity index (χ1v) is 8.39. The van der Waals surface area contributed by atoms with Gasteiger partial charge in [-0.3, -0.25) is 4.79 Å². The SMILES string of the molecule is Cc1cc(C)c(NC(=O)COC(=O)COc2cccc(C(F)(F)F)c2)c(C)c1. The van der Waals surface area contributed by atoms with E-state index >= 15 is 0 Å². The van der Waals surface area contributed by atoms with E-state index in [1.807, 2.05) is 32.9 Å². The molecule has 1 amide bonds. The molecule has 0 saturated carbocycles. The molecule has 0 radical (unpaired) electrons. The lowest BCUT2D eigenvalue weighted by Crippen LogP contribution is -2.24. The molecule has 0 aliphatic rings. The third-order valence-electron chi connectivity index (χ3n) is 3.82. The van der Waals surface area contributed by atoms with Gasteiger partial charge >= 0.3 is 12.1 Å². The van der Waals surface area contributed by atoms with Gasteiger partial charge in [0, 0.05) is 5.69 Å². The topological polar surface area (TPSA) is 64.6 Å². The van der Waals surface area contributed by atoms with Gasteiger partial charge in [0.05, 0.1) is 5.56 Å². The van der Waals surface area contributed by atoms with Gasteiger partial charge in [-0.15, -0.1) is 0 Å². The quantitative estimate of drug-likeness (QED) is 0.745. The standard InChI is InChI=1S/C20H20F3NO4/c1-12-7-13(2)19(14(3)8-12)24-17(25)10-28-18(26)11-27-16-6-4-5-15(9-16)20(21,22)23/h4-9H,10-11H2,1-3H3,(H,24,25). The second kappa shape index (κ2) is 8.77. The van der Waals surface area contributed by atoms with Crippen LogP contribution in [0.15, 0.2) is 36.4 Å². The van der Waals surface area contributed by atoms with E-state index in [9.17, 15) is 22.8 Å². The van der Waals surface area contributed by atoms with Crippen LogP contribution in [-0.2, 0) is 20.5 Å². The number of ether oxygens (including phenoxy) is 2. The predicted octanol–water partition coefficient (Wildman–Crippen LogP) is 4.19. The zero-order valence-electron chi connectivity index (χ0n) is 15.6. The minimum absolute atomic E-state index is 0.123. The maximum Gasteiger partial charge on any atom is 0.416 e. The van der Waals surface area contributed by atoms with E-state index in [0.29, 0.717) is 5.69 Å². The van der Waals surface area contributed by atoms with E-state index in [-0.39, 0.29) is 5.75 Å². The minimum atomic E-state index is -4.51. The first-order chi connectivity index (χ1) is 13.1. The Bertz CT molecular complexity index is 855. The van der Waals surface area contributed by atoms with Crippen LogP contribution in [0.2, 0.25) is 0 Å². The van der Waals surface area contributed by atoms with Crippen molar-refractivity contribution in [1.82, 2.24) is 0 Å². The number of alkyl halides is 3. The Balaban J connectivity index is 1.84. The molecule has 28 heavy (non-hydrogen) atoms. The van der Waals surface area contributed by atoms with Gasteiger partial charge in [0.1, 0.15) is 5.75 Å². The number of carbonyl (C=O) groups is 2. The van der Waals surface area contributed by atoms with E-state index < -0.39 is 36.8 Å². The summed E-state index contributed by atoms with van der Waals surface area (Å²) in [6.07, 6.45) is -4.51. The lowest BCUT2D eigenvalue weighted by Gasteiger charge is -2.13. The third-order valence-corrected chi connectivity index (χ3v) is 3.82. The highest BCUT2D eigenvalue weighted by molar-refractivity contribution is 5.94. The van der Waals surface area contributed by atoms with Crippen molar-refractivity contribution in [3.05, 3.63) is 58.7 Å². The van der Waals surface area contributed by atoms with Gasteiger partial charge in [0.2, 0.25) is 0 Å². The molecule has 150 valence electrons. The van der Waals surface area contributed by atoms with Crippen LogP contribution >= 0.6 is 0 Å². The Morgan fingerprint density at radius 3 is 2.25 bits per heavy atom. The molecule has 0 bridgehead atoms. The Hall–Kier alpha value is -3.03. The van der Waals surface area contributed by atoms with Crippen LogP contribution in [0, 0.1) is 20.8 Å². The van der Waals surface area contributed by atoms with Crippen molar-refractivity contribution in [2.75, 3.05) is 18.5 Å². The molecule has 0 spiro atoms. The molecule has 2 aromatic rings. The fourth-order valence-corrected chi connectivity index (χ4v) is 2.64. The van der Waals surface area contributed by atoms with Gasteiger partial charge in [-0.05, 0) is 50.1 Å². The number of hydrogen-bond acceptors (Lipinski definition) is 4. The lowest BCUT2D eigenvalue weighted by atomic mass is 10.1. The van der Waals surface area contributed by atoms with E-state index in [2.05, 4.69) is 5.32 Å². The Labute approximate surface area is 160 Å². The van der Waals surface area contributed by atoms with Crippen molar-refractivity contribution < 1.29 is 32.2 Å². The summed E-state index contributed by atoms with van der Waals surface area (Å²) in [6, 6.07) is 7.96. The molecular weight excluding hydrogens is 375 g/mol. The maximum atomic E-state index is 12.6. The van der Waals surface area contributed by atoms with Crippen molar-refractivity contribution in [3.63, 3.8) is 0 Å². The molecule has 0 saturated heterocycles. The highest BCUT2D eigenvalue weighted by Gasteiger charge is 2.30. The fourth-order valence-electron chi connectivity index (χ4n) is 2.64. The monoisotopic (exact) mass is 395 g/mol. The number of benzene rings is 2. The lowest BCUT2D eigenvalue weighted by molar-refractivity contribution is -0.149. The highest BCUT2D eigenvalue weighted by Crippen LogP contribution is 2.31. The van der Waals surface area contributed by atoms with E-state index in [0.717, 1.165) is 28.8 Å². The smallest absolute Gasteiger partial charge is 0.416 e. The summed E-state index contributed by atoms with van der Waals surface area (Å²) in [6.45, 7) is 4.50. The van der Waals surface area contributed by atoms with E-state index in [4.69, 9.17) is 9.47 Å². The number of esters is 1. The third kappa shape index (κ3) is 6.00. The summed E-state index contributed by atoms with van der Waals surface area (Å²) < 4.78 is 47.7. The van der Waals surface area contributed by atoms with Gasteiger partial charge in [-0.2, -0.15) is 13.2 Å². The van der Waals surface area contributed by atoms with Gasteiger partial charge in [-0.1, -0.05) is 23.8 Å². The van der Waals surface area contributed by atoms with Crippen molar-refractivity contribution >= 4 is 17.6 Å². The minimum Gasteiger partial charge on any atom is -0.482 e. The molecule has 8 heteroatoms. The van der Waals surface area contributed by atoms with Crippen LogP contribution in [0.3, 0.4) is 0 Å². The van der Waals surface area contributed by atoms with Crippen molar-refractivity contribution in [3.8, 4) is 5.75 Å². The number of nitrogens with one attached hydrogen (secondary N) is 1. The molecule has 0 aromatic heterocycles. The van der Waals surface area contributed by atoms with Gasteiger partial charge in [-0.25, -0.2) is 4.79 Å². The number of carbonyl (C=O) groups excluding carboxylic acids is 2. The summed E-state index contributed by atoms with van der Waals surface area (Å²) in [4.78, 5) is 23.7. The molecule has 0 atom stereocenters. The van der Waals surface area contributed by atoms with Crippen LogP contribution in [-0.4, -0.2) is 25.1 Å². The van der Waals surface area contributed by atoms with Gasteiger partial charge in [0.15, 0.2) is 13.2 Å². The Morgan fingerprint density at radius 1 is 1.00 bits per heavy atom. The summed E-state index contributed by atoms with van der Waals surface area (Å²) in [5.41, 5.74) is 2.58. The zero-order valence-corrected chi connectivity index (χ0v) is 15.6. The number of amides is 1. The normalized spacial score (nSPS) is 11.1. The van der Waals surface area contributed by atoms with E-state index in [1.165, 1.54) is 12.1 Å². The maximum absolute atomic E-state index is 12.6. The molecule has 2 aromatic carbocycles. The summed E-state index contributed by atoms with van der Waals surface area (Å²) in [5, 5.41) is 2.68. The Kier molecular flexibility index (Phi) is 6.66. The van der Waals surface area contributed by atoms with Crippen molar-refractivity contribution in [1.29, 1.82) is 0 Å². The van der Waals surface area contributed by atoms with Crippen molar-refractivity contribution in [2.24, 2.45) is 0 Å². The molecule has 0 unspecified atom stereocenters. The summed E-state index contributed by atoms with van der Waals surface area (Å²) in [7, 11) is 0. The summed E-state index contributed by atoms with van der Waals surface area (Å²) >= 11 is 0. The molecule has 0 aliphatic carbocycles. The average molecular weight is 395 g/mol. The number of anilines is 1. The number of aryl methyl sites for hydroxylation is 3. The van der Waals surface area contributed by atoms with Crippen LogP contribution in [0.5, 0.6) is 5.75 Å². The van der Waals surface area contributed by atoms with Crippen LogP contribution in [0.4, 0.5) is 18.9 Å². The first-order valence-electron chi connectivity index (χ1n) is 8.39. The first kappa shape index (κ1) is 21.3. The average Bonchev–Trinajstić information content (AvgIpc) is 2.60. The second-order valence-corrected chi connectivity index (χ2v) is 6.30. The molecular formula is C20H20F3NO4. The van der Waals surface area contributed by atoms with Crippen LogP contribution in [0.1, 0.15) is 22.3 Å². The van der Waals surface area contributed by atoms with Crippen LogP contribution < -0.4 is 10.1 Å². The van der Waals surface area contributed by atoms with E-state index in [1.54, 1.807) is 0 Å². The van der Waals surface area contributed by atoms with Gasteiger partial charge in [0.25, 0.3) is 5.91 Å². The molecule has 1 N–H and O–H groups in total. The largest absolute Gasteiger partial charge is 0.482 e. The fraction of sp³-hybridized carbons (Fsp3) is 0.300. The Morgan fingerprint density at radius 2 is 1.64 bits per heavy atom. The molecule has 5 nitrogen and oxygen atoms in total. The number of rotatable bonds is 6. The molecule has 0 heterocycles. The molecule has 0 fully saturated rings. The highest BCUT2D eigenvalue weighted by atomic mass is 19.4. The zero-order chi connectivity index (χ0) is 20.9. The van der Waals surface area contributed by atoms with Gasteiger partial charge < -0.3 is 14.8 Å².